The SMILES string of the molecule is C=CC(N)=O.CCC[Si](OC)(OC)OC. The van der Waals surface area contributed by atoms with Gasteiger partial charge in [-0.15, -0.1) is 0 Å². The molecule has 0 aromatic heterocycles. The van der Waals surface area contributed by atoms with E-state index in [2.05, 4.69) is 19.2 Å². The topological polar surface area (TPSA) is 70.8 Å². The zero-order valence-corrected chi connectivity index (χ0v) is 10.9. The molecule has 90 valence electrons. The van der Waals surface area contributed by atoms with Gasteiger partial charge >= 0.3 is 8.80 Å². The second-order valence-electron chi connectivity index (χ2n) is 2.65. The smallest absolute Gasteiger partial charge is 0.377 e. The molecule has 0 aromatic rings. The Labute approximate surface area is 92.6 Å². The van der Waals surface area contributed by atoms with Crippen LogP contribution in [0.3, 0.4) is 0 Å². The zero-order valence-electron chi connectivity index (χ0n) is 9.91. The molecule has 0 aromatic carbocycles. The third-order valence-electron chi connectivity index (χ3n) is 1.69. The minimum Gasteiger partial charge on any atom is -0.377 e. The summed E-state index contributed by atoms with van der Waals surface area (Å²) >= 11 is 0. The summed E-state index contributed by atoms with van der Waals surface area (Å²) in [6.45, 7) is 5.17. The number of hydrogen-bond donors (Lipinski definition) is 1. The van der Waals surface area contributed by atoms with Gasteiger partial charge in [-0.3, -0.25) is 4.79 Å². The van der Waals surface area contributed by atoms with Crippen molar-refractivity contribution in [2.24, 2.45) is 5.73 Å². The Morgan fingerprint density at radius 1 is 1.33 bits per heavy atom. The fourth-order valence-electron chi connectivity index (χ4n) is 0.862. The molecular weight excluding hydrogens is 214 g/mol. The Kier molecular flexibility index (Phi) is 11.0. The molecule has 0 radical (unpaired) electrons. The highest BCUT2D eigenvalue weighted by Gasteiger charge is 2.36. The lowest BCUT2D eigenvalue weighted by Crippen LogP contribution is -2.42. The van der Waals surface area contributed by atoms with Gasteiger partial charge in [0.1, 0.15) is 0 Å². The minimum absolute atomic E-state index is 0.481. The van der Waals surface area contributed by atoms with Gasteiger partial charge in [-0.1, -0.05) is 19.9 Å². The average Bonchev–Trinajstić information content (AvgIpc) is 2.27. The fourth-order valence-corrected chi connectivity index (χ4v) is 2.59. The molecule has 6 heteroatoms. The van der Waals surface area contributed by atoms with Crippen molar-refractivity contribution in [1.82, 2.24) is 0 Å². The summed E-state index contributed by atoms with van der Waals surface area (Å²) in [5, 5.41) is 0. The molecule has 0 atom stereocenters. The van der Waals surface area contributed by atoms with Crippen molar-refractivity contribution in [1.29, 1.82) is 0 Å². The Morgan fingerprint density at radius 2 is 1.67 bits per heavy atom. The van der Waals surface area contributed by atoms with Crippen LogP contribution < -0.4 is 5.73 Å². The summed E-state index contributed by atoms with van der Waals surface area (Å²) in [4.78, 5) is 9.47. The van der Waals surface area contributed by atoms with Crippen molar-refractivity contribution < 1.29 is 18.1 Å². The van der Waals surface area contributed by atoms with E-state index in [9.17, 15) is 4.79 Å². The first-order chi connectivity index (χ1) is 7.01. The Hall–Kier alpha value is -0.693. The summed E-state index contributed by atoms with van der Waals surface area (Å²) in [5.41, 5.74) is 4.53. The van der Waals surface area contributed by atoms with Gasteiger partial charge in [-0.05, 0) is 6.08 Å². The monoisotopic (exact) mass is 235 g/mol. The van der Waals surface area contributed by atoms with E-state index in [0.29, 0.717) is 0 Å². The van der Waals surface area contributed by atoms with E-state index >= 15 is 0 Å². The normalized spacial score (nSPS) is 10.1. The number of carbonyl (C=O) groups is 1. The van der Waals surface area contributed by atoms with Crippen LogP contribution in [0, 0.1) is 0 Å². The van der Waals surface area contributed by atoms with Crippen molar-refractivity contribution in [3.05, 3.63) is 12.7 Å². The van der Waals surface area contributed by atoms with E-state index in [-0.39, 0.29) is 0 Å². The molecule has 0 saturated heterocycles. The van der Waals surface area contributed by atoms with Crippen molar-refractivity contribution >= 4 is 14.7 Å². The minimum atomic E-state index is -2.22. The van der Waals surface area contributed by atoms with Crippen LogP contribution in [0.4, 0.5) is 0 Å². The number of primary amides is 1. The van der Waals surface area contributed by atoms with Crippen LogP contribution in [0.15, 0.2) is 12.7 Å². The van der Waals surface area contributed by atoms with Gasteiger partial charge in [0.15, 0.2) is 0 Å². The summed E-state index contributed by atoms with van der Waals surface area (Å²) in [6.07, 6.45) is 2.09. The zero-order chi connectivity index (χ0) is 12.3. The van der Waals surface area contributed by atoms with Gasteiger partial charge in [0.25, 0.3) is 0 Å². The van der Waals surface area contributed by atoms with Crippen LogP contribution in [0.1, 0.15) is 13.3 Å². The van der Waals surface area contributed by atoms with Gasteiger partial charge in [-0.25, -0.2) is 0 Å². The largest absolute Gasteiger partial charge is 0.500 e. The number of nitrogens with two attached hydrogens (primary N) is 1. The molecule has 0 unspecified atom stereocenters. The highest BCUT2D eigenvalue weighted by molar-refractivity contribution is 6.60. The lowest BCUT2D eigenvalue weighted by Gasteiger charge is -2.23. The number of carbonyl (C=O) groups excluding carboxylic acids is 1. The fraction of sp³-hybridized carbons (Fsp3) is 0.667. The Morgan fingerprint density at radius 3 is 1.73 bits per heavy atom. The molecule has 15 heavy (non-hydrogen) atoms. The molecule has 2 N–H and O–H groups in total. The molecule has 0 bridgehead atoms. The van der Waals surface area contributed by atoms with E-state index < -0.39 is 14.7 Å². The van der Waals surface area contributed by atoms with Crippen molar-refractivity contribution in [3.63, 3.8) is 0 Å². The van der Waals surface area contributed by atoms with E-state index in [0.717, 1.165) is 18.5 Å². The molecule has 0 aliphatic rings. The molecule has 0 aliphatic heterocycles. The van der Waals surface area contributed by atoms with Gasteiger partial charge in [-0.2, -0.15) is 0 Å². The Balaban J connectivity index is 0. The van der Waals surface area contributed by atoms with Crippen LogP contribution in [0.2, 0.25) is 6.04 Å². The maximum absolute atomic E-state index is 9.47. The highest BCUT2D eigenvalue weighted by atomic mass is 28.4. The molecule has 0 saturated carbocycles. The van der Waals surface area contributed by atoms with Crippen molar-refractivity contribution in [3.8, 4) is 0 Å². The highest BCUT2D eigenvalue weighted by Crippen LogP contribution is 2.13. The maximum atomic E-state index is 9.47. The number of amides is 1. The maximum Gasteiger partial charge on any atom is 0.500 e. The van der Waals surface area contributed by atoms with Gasteiger partial charge in [0.2, 0.25) is 5.91 Å². The van der Waals surface area contributed by atoms with Crippen molar-refractivity contribution in [2.75, 3.05) is 21.3 Å². The molecule has 5 nitrogen and oxygen atoms in total. The summed E-state index contributed by atoms with van der Waals surface area (Å²) in [6, 6.07) is 0.885. The summed E-state index contributed by atoms with van der Waals surface area (Å²) < 4.78 is 15.5. The first-order valence-corrected chi connectivity index (χ1v) is 6.52. The van der Waals surface area contributed by atoms with Gasteiger partial charge in [0, 0.05) is 27.4 Å². The van der Waals surface area contributed by atoms with Gasteiger partial charge < -0.3 is 19.0 Å². The molecule has 0 aliphatic carbocycles. The molecule has 1 amide bonds. The summed E-state index contributed by atoms with van der Waals surface area (Å²) in [5.74, 6) is -0.481. The van der Waals surface area contributed by atoms with E-state index in [1.807, 2.05) is 0 Å². The van der Waals surface area contributed by atoms with E-state index in [4.69, 9.17) is 13.3 Å². The van der Waals surface area contributed by atoms with Crippen LogP contribution in [-0.2, 0) is 18.1 Å². The third-order valence-corrected chi connectivity index (χ3v) is 4.67. The third kappa shape index (κ3) is 8.31. The van der Waals surface area contributed by atoms with Crippen LogP contribution in [-0.4, -0.2) is 36.0 Å². The predicted octanol–water partition coefficient (Wildman–Crippen LogP) is 0.932. The second kappa shape index (κ2) is 9.85. The molecule has 0 rings (SSSR count). The van der Waals surface area contributed by atoms with Crippen LogP contribution in [0.5, 0.6) is 0 Å². The van der Waals surface area contributed by atoms with Crippen LogP contribution >= 0.6 is 0 Å². The lowest BCUT2D eigenvalue weighted by atomic mass is 10.6. The molecular formula is C9H21NO4Si. The number of hydrogen-bond acceptors (Lipinski definition) is 4. The lowest BCUT2D eigenvalue weighted by molar-refractivity contribution is -0.113. The average molecular weight is 235 g/mol. The Bertz CT molecular complexity index is 175. The summed E-state index contributed by atoms with van der Waals surface area (Å²) in [7, 11) is 2.68. The van der Waals surface area contributed by atoms with E-state index in [1.165, 1.54) is 0 Å². The first-order valence-electron chi connectivity index (χ1n) is 4.59. The molecule has 0 heterocycles. The first kappa shape index (κ1) is 16.7. The standard InChI is InChI=1S/C6H16O3Si.C3H5NO/c1-5-6-10(7-2,8-3)9-4;1-2-3(4)5/h5-6H2,1-4H3;2H,1H2,(H2,4,5). The predicted molar refractivity (Wildman–Crippen MR) is 61.3 cm³/mol. The second-order valence-corrected chi connectivity index (χ2v) is 5.74. The molecule has 0 fully saturated rings. The van der Waals surface area contributed by atoms with Crippen molar-refractivity contribution in [2.45, 2.75) is 19.4 Å². The van der Waals surface area contributed by atoms with Crippen LogP contribution in [0.25, 0.3) is 0 Å². The quantitative estimate of drug-likeness (QED) is 0.549. The van der Waals surface area contributed by atoms with E-state index in [1.54, 1.807) is 21.3 Å². The number of rotatable bonds is 6. The van der Waals surface area contributed by atoms with Gasteiger partial charge in [0.05, 0.1) is 0 Å². The molecule has 0 spiro atoms.